The summed E-state index contributed by atoms with van der Waals surface area (Å²) in [6.07, 6.45) is 0. The van der Waals surface area contributed by atoms with Gasteiger partial charge in [0.15, 0.2) is 11.5 Å². The number of amides is 1. The van der Waals surface area contributed by atoms with Crippen LogP contribution in [0, 0.1) is 5.82 Å². The van der Waals surface area contributed by atoms with Crippen LogP contribution in [-0.4, -0.2) is 20.9 Å². The molecule has 3 N–H and O–H groups in total. The third kappa shape index (κ3) is 3.43. The summed E-state index contributed by atoms with van der Waals surface area (Å²) in [5.74, 6) is -0.790. The summed E-state index contributed by atoms with van der Waals surface area (Å²) in [4.78, 5) is 12.2. The Labute approximate surface area is 145 Å². The predicted molar refractivity (Wildman–Crippen MR) is 92.0 cm³/mol. The third-order valence-corrected chi connectivity index (χ3v) is 3.85. The van der Waals surface area contributed by atoms with Crippen LogP contribution in [0.25, 0.3) is 0 Å². The molecule has 0 spiro atoms. The second kappa shape index (κ2) is 6.79. The highest BCUT2D eigenvalue weighted by molar-refractivity contribution is 9.10. The first-order valence-corrected chi connectivity index (χ1v) is 7.83. The Morgan fingerprint density at radius 3 is 2.71 bits per heavy atom. The molecule has 24 heavy (non-hydrogen) atoms. The molecule has 1 aromatic heterocycles. The number of benzene rings is 2. The minimum atomic E-state index is -0.471. The quantitative estimate of drug-likeness (QED) is 0.717. The maximum Gasteiger partial charge on any atom is 0.280 e. The molecular formula is C16H13BrFN5O. The van der Waals surface area contributed by atoms with Crippen molar-refractivity contribution in [2.75, 3.05) is 11.1 Å². The molecule has 0 fully saturated rings. The fraction of sp³-hybridized carbons (Fsp3) is 0.0625. The van der Waals surface area contributed by atoms with E-state index in [2.05, 4.69) is 31.6 Å². The molecule has 6 nitrogen and oxygen atoms in total. The van der Waals surface area contributed by atoms with Gasteiger partial charge in [-0.05, 0) is 24.3 Å². The first kappa shape index (κ1) is 16.1. The lowest BCUT2D eigenvalue weighted by atomic mass is 10.2. The van der Waals surface area contributed by atoms with Gasteiger partial charge in [-0.2, -0.15) is 0 Å². The molecule has 0 aliphatic rings. The van der Waals surface area contributed by atoms with E-state index in [1.165, 1.54) is 10.7 Å². The van der Waals surface area contributed by atoms with Crippen molar-refractivity contribution in [3.63, 3.8) is 0 Å². The predicted octanol–water partition coefficient (Wildman–Crippen LogP) is 3.06. The number of aromatic nitrogens is 3. The van der Waals surface area contributed by atoms with Gasteiger partial charge < -0.3 is 11.1 Å². The molecule has 0 unspecified atom stereocenters. The van der Waals surface area contributed by atoms with Crippen molar-refractivity contribution in [3.05, 3.63) is 70.1 Å². The lowest BCUT2D eigenvalue weighted by Gasteiger charge is -2.06. The minimum absolute atomic E-state index is 0.00336. The molecule has 3 rings (SSSR count). The molecule has 0 atom stereocenters. The molecule has 0 aliphatic carbocycles. The van der Waals surface area contributed by atoms with Crippen LogP contribution in [0.15, 0.2) is 53.0 Å². The van der Waals surface area contributed by atoms with E-state index in [0.717, 1.165) is 0 Å². The number of rotatable bonds is 4. The fourth-order valence-electron chi connectivity index (χ4n) is 2.12. The maximum atomic E-state index is 13.9. The second-order valence-electron chi connectivity index (χ2n) is 5.04. The lowest BCUT2D eigenvalue weighted by molar-refractivity contribution is 0.102. The number of hydrogen-bond donors (Lipinski definition) is 2. The van der Waals surface area contributed by atoms with Gasteiger partial charge in [-0.25, -0.2) is 9.07 Å². The number of nitrogens with one attached hydrogen (secondary N) is 1. The van der Waals surface area contributed by atoms with Crippen molar-refractivity contribution in [3.8, 4) is 0 Å². The zero-order chi connectivity index (χ0) is 17.1. The van der Waals surface area contributed by atoms with Crippen molar-refractivity contribution in [1.82, 2.24) is 15.0 Å². The van der Waals surface area contributed by atoms with Crippen LogP contribution in [0.1, 0.15) is 16.1 Å². The number of nitrogens with zero attached hydrogens (tertiary/aromatic N) is 3. The Hall–Kier alpha value is -2.74. The molecule has 0 radical (unpaired) electrons. The zero-order valence-electron chi connectivity index (χ0n) is 12.4. The third-order valence-electron chi connectivity index (χ3n) is 3.36. The van der Waals surface area contributed by atoms with E-state index in [9.17, 15) is 9.18 Å². The van der Waals surface area contributed by atoms with Gasteiger partial charge in [0.2, 0.25) is 0 Å². The second-order valence-corrected chi connectivity index (χ2v) is 5.95. The van der Waals surface area contributed by atoms with E-state index >= 15 is 0 Å². The van der Waals surface area contributed by atoms with E-state index in [-0.39, 0.29) is 18.1 Å². The average Bonchev–Trinajstić information content (AvgIpc) is 2.92. The maximum absolute atomic E-state index is 13.9. The number of halogens is 2. The summed E-state index contributed by atoms with van der Waals surface area (Å²) < 4.78 is 15.8. The number of nitrogen functional groups attached to an aromatic ring is 1. The van der Waals surface area contributed by atoms with Crippen molar-refractivity contribution in [2.45, 2.75) is 6.54 Å². The van der Waals surface area contributed by atoms with Gasteiger partial charge in [0, 0.05) is 15.7 Å². The summed E-state index contributed by atoms with van der Waals surface area (Å²) >= 11 is 3.20. The topological polar surface area (TPSA) is 85.8 Å². The highest BCUT2D eigenvalue weighted by atomic mass is 79.9. The molecule has 0 aliphatic heterocycles. The van der Waals surface area contributed by atoms with Gasteiger partial charge in [0.05, 0.1) is 6.54 Å². The van der Waals surface area contributed by atoms with Crippen LogP contribution >= 0.6 is 15.9 Å². The molecule has 0 saturated heterocycles. The standard InChI is InChI=1S/C16H13BrFN5O/c17-11-7-6-10(13(18)8-11)9-23-15(19)14(21-22-23)16(24)20-12-4-2-1-3-5-12/h1-8H,9,19H2,(H,20,24). The van der Waals surface area contributed by atoms with Crippen LogP contribution in [0.4, 0.5) is 15.9 Å². The van der Waals surface area contributed by atoms with Gasteiger partial charge in [0.25, 0.3) is 5.91 Å². The Bertz CT molecular complexity index is 881. The highest BCUT2D eigenvalue weighted by Gasteiger charge is 2.18. The molecule has 2 aromatic carbocycles. The highest BCUT2D eigenvalue weighted by Crippen LogP contribution is 2.18. The summed E-state index contributed by atoms with van der Waals surface area (Å²) in [6, 6.07) is 13.6. The van der Waals surface area contributed by atoms with Gasteiger partial charge in [-0.1, -0.05) is 45.4 Å². The number of hydrogen-bond acceptors (Lipinski definition) is 4. The number of para-hydroxylation sites is 1. The average molecular weight is 390 g/mol. The van der Waals surface area contributed by atoms with Crippen LogP contribution in [0.3, 0.4) is 0 Å². The number of carbonyl (C=O) groups is 1. The number of anilines is 2. The molecule has 3 aromatic rings. The number of carbonyl (C=O) groups excluding carboxylic acids is 1. The van der Waals surface area contributed by atoms with Gasteiger partial charge in [-0.15, -0.1) is 5.10 Å². The van der Waals surface area contributed by atoms with Crippen molar-refractivity contribution >= 4 is 33.3 Å². The zero-order valence-corrected chi connectivity index (χ0v) is 14.0. The van der Waals surface area contributed by atoms with Gasteiger partial charge >= 0.3 is 0 Å². The van der Waals surface area contributed by atoms with Crippen LogP contribution in [0.5, 0.6) is 0 Å². The van der Waals surface area contributed by atoms with Crippen molar-refractivity contribution < 1.29 is 9.18 Å². The monoisotopic (exact) mass is 389 g/mol. The van der Waals surface area contributed by atoms with Crippen molar-refractivity contribution in [2.24, 2.45) is 0 Å². The summed E-state index contributed by atoms with van der Waals surface area (Å²) in [7, 11) is 0. The molecule has 1 amide bonds. The smallest absolute Gasteiger partial charge is 0.280 e. The fourth-order valence-corrected chi connectivity index (χ4v) is 2.46. The Morgan fingerprint density at radius 2 is 2.00 bits per heavy atom. The largest absolute Gasteiger partial charge is 0.382 e. The van der Waals surface area contributed by atoms with E-state index in [1.54, 1.807) is 36.4 Å². The molecular weight excluding hydrogens is 377 g/mol. The normalized spacial score (nSPS) is 10.6. The molecule has 122 valence electrons. The first-order chi connectivity index (χ1) is 11.5. The summed E-state index contributed by atoms with van der Waals surface area (Å²) in [6.45, 7) is 0.0799. The minimum Gasteiger partial charge on any atom is -0.382 e. The van der Waals surface area contributed by atoms with Crippen LogP contribution in [0.2, 0.25) is 0 Å². The summed E-state index contributed by atoms with van der Waals surface area (Å²) in [5.41, 5.74) is 6.94. The van der Waals surface area contributed by atoms with E-state index in [4.69, 9.17) is 5.73 Å². The van der Waals surface area contributed by atoms with Crippen LogP contribution < -0.4 is 11.1 Å². The lowest BCUT2D eigenvalue weighted by Crippen LogP contribution is -2.15. The number of nitrogens with two attached hydrogens (primary N) is 1. The van der Waals surface area contributed by atoms with Gasteiger partial charge in [-0.3, -0.25) is 4.79 Å². The van der Waals surface area contributed by atoms with Gasteiger partial charge in [0.1, 0.15) is 5.82 Å². The van der Waals surface area contributed by atoms with E-state index in [1.807, 2.05) is 6.07 Å². The molecule has 1 heterocycles. The SMILES string of the molecule is Nc1c(C(=O)Nc2ccccc2)nnn1Cc1ccc(Br)cc1F. The first-order valence-electron chi connectivity index (χ1n) is 7.04. The summed E-state index contributed by atoms with van der Waals surface area (Å²) in [5, 5.41) is 10.3. The Kier molecular flexibility index (Phi) is 4.57. The molecule has 0 saturated carbocycles. The Morgan fingerprint density at radius 1 is 1.25 bits per heavy atom. The van der Waals surface area contributed by atoms with Crippen LogP contribution in [-0.2, 0) is 6.54 Å². The van der Waals surface area contributed by atoms with E-state index < -0.39 is 11.7 Å². The van der Waals surface area contributed by atoms with Crippen molar-refractivity contribution in [1.29, 1.82) is 0 Å². The molecule has 8 heteroatoms. The Balaban J connectivity index is 1.79. The molecule has 0 bridgehead atoms. The van der Waals surface area contributed by atoms with E-state index in [0.29, 0.717) is 15.7 Å².